The number of Topliss-reactive ketones (excluding diaryl/α,β-unsaturated/α-hetero) is 1. The zero-order chi connectivity index (χ0) is 29.5. The van der Waals surface area contributed by atoms with E-state index in [0.717, 1.165) is 34.7 Å². The van der Waals surface area contributed by atoms with Crippen LogP contribution in [0.25, 0.3) is 21.1 Å². The molecule has 3 atom stereocenters. The van der Waals surface area contributed by atoms with Crippen molar-refractivity contribution >= 4 is 32.6 Å². The number of pyridine rings is 1. The molecule has 3 fully saturated rings. The average molecular weight is 609 g/mol. The lowest BCUT2D eigenvalue weighted by atomic mass is 9.72. The molecule has 11 heteroatoms. The summed E-state index contributed by atoms with van der Waals surface area (Å²) >= 11 is 1.49. The summed E-state index contributed by atoms with van der Waals surface area (Å²) in [5, 5.41) is 10.3. The number of ketones is 1. The number of carbonyl (C=O) groups is 1. The van der Waals surface area contributed by atoms with Crippen molar-refractivity contribution in [2.24, 2.45) is 11.3 Å². The molecule has 0 radical (unpaired) electrons. The van der Waals surface area contributed by atoms with Crippen molar-refractivity contribution in [2.75, 3.05) is 36.6 Å². The highest BCUT2D eigenvalue weighted by Crippen LogP contribution is 2.52. The SMILES string of the molecule is COc1ccc(-c2nc([C@@H]3CC[C@H](F)C[C@H]3C(=O)CC3(C#N)CC3)c(-c3ccc(N4CCS(=O)(=O)CC4)cc3)s2)nc1. The highest BCUT2D eigenvalue weighted by molar-refractivity contribution is 7.91. The first-order chi connectivity index (χ1) is 20.2. The van der Waals surface area contributed by atoms with Gasteiger partial charge in [0.15, 0.2) is 9.84 Å². The van der Waals surface area contributed by atoms with E-state index >= 15 is 0 Å². The number of ether oxygens (including phenoxy) is 1. The molecule has 2 saturated carbocycles. The molecule has 2 aromatic heterocycles. The smallest absolute Gasteiger partial charge is 0.153 e. The first kappa shape index (κ1) is 28.7. The van der Waals surface area contributed by atoms with Gasteiger partial charge < -0.3 is 9.64 Å². The number of sulfone groups is 1. The minimum Gasteiger partial charge on any atom is -0.495 e. The molecule has 3 aliphatic rings. The Hall–Kier alpha value is -3.36. The third-order valence-corrected chi connectivity index (χ3v) is 11.6. The van der Waals surface area contributed by atoms with Crippen molar-refractivity contribution in [1.29, 1.82) is 5.26 Å². The number of carbonyl (C=O) groups excluding carboxylic acids is 1. The van der Waals surface area contributed by atoms with E-state index in [2.05, 4.69) is 16.0 Å². The zero-order valence-corrected chi connectivity index (χ0v) is 25.1. The third kappa shape index (κ3) is 5.92. The number of benzene rings is 1. The fourth-order valence-electron chi connectivity index (χ4n) is 6.07. The number of aromatic nitrogens is 2. The van der Waals surface area contributed by atoms with Crippen LogP contribution in [-0.2, 0) is 14.6 Å². The maximum atomic E-state index is 14.7. The van der Waals surface area contributed by atoms with E-state index in [4.69, 9.17) is 9.72 Å². The molecule has 0 amide bonds. The fraction of sp³-hybridized carbons (Fsp3) is 0.484. The van der Waals surface area contributed by atoms with Crippen molar-refractivity contribution in [3.63, 3.8) is 0 Å². The molecule has 2 aliphatic carbocycles. The summed E-state index contributed by atoms with van der Waals surface area (Å²) in [6, 6.07) is 14.0. The average Bonchev–Trinajstić information content (AvgIpc) is 3.64. The van der Waals surface area contributed by atoms with Crippen molar-refractivity contribution in [1.82, 2.24) is 9.97 Å². The molecule has 220 valence electrons. The molecule has 3 heterocycles. The monoisotopic (exact) mass is 608 g/mol. The maximum absolute atomic E-state index is 14.7. The second-order valence-electron chi connectivity index (χ2n) is 11.7. The molecule has 0 unspecified atom stereocenters. The summed E-state index contributed by atoms with van der Waals surface area (Å²) in [6.45, 7) is 0.919. The normalized spacial score (nSPS) is 24.5. The van der Waals surface area contributed by atoms with Crippen LogP contribution in [0.5, 0.6) is 5.75 Å². The van der Waals surface area contributed by atoms with Crippen LogP contribution in [0.2, 0.25) is 0 Å². The van der Waals surface area contributed by atoms with Gasteiger partial charge in [-0.1, -0.05) is 12.1 Å². The predicted molar refractivity (Wildman–Crippen MR) is 160 cm³/mol. The van der Waals surface area contributed by atoms with Crippen LogP contribution in [0.3, 0.4) is 0 Å². The number of alkyl halides is 1. The van der Waals surface area contributed by atoms with Crippen LogP contribution in [0.1, 0.15) is 50.1 Å². The number of methoxy groups -OCH3 is 1. The highest BCUT2D eigenvalue weighted by Gasteiger charge is 2.48. The Morgan fingerprint density at radius 1 is 1.17 bits per heavy atom. The van der Waals surface area contributed by atoms with Gasteiger partial charge in [0.2, 0.25) is 0 Å². The Morgan fingerprint density at radius 3 is 2.52 bits per heavy atom. The Labute approximate surface area is 249 Å². The minimum absolute atomic E-state index is 0.0418. The van der Waals surface area contributed by atoms with Crippen molar-refractivity contribution < 1.29 is 22.3 Å². The minimum atomic E-state index is -2.98. The molecular weight excluding hydrogens is 575 g/mol. The lowest BCUT2D eigenvalue weighted by Crippen LogP contribution is -2.40. The van der Waals surface area contributed by atoms with E-state index in [1.165, 1.54) is 11.3 Å². The van der Waals surface area contributed by atoms with Crippen LogP contribution < -0.4 is 9.64 Å². The van der Waals surface area contributed by atoms with E-state index in [1.807, 2.05) is 36.4 Å². The molecule has 0 bridgehead atoms. The largest absolute Gasteiger partial charge is 0.495 e. The van der Waals surface area contributed by atoms with Gasteiger partial charge in [0.25, 0.3) is 0 Å². The van der Waals surface area contributed by atoms with Crippen LogP contribution in [0, 0.1) is 22.7 Å². The van der Waals surface area contributed by atoms with Gasteiger partial charge in [-0.2, -0.15) is 5.26 Å². The first-order valence-electron chi connectivity index (χ1n) is 14.3. The van der Waals surface area contributed by atoms with Gasteiger partial charge in [-0.15, -0.1) is 11.3 Å². The standard InChI is InChI=1S/C31H33FN4O4S2/c1-40-23-7-9-26(34-18-23)30-35-28(24-8-4-21(32)16-25(24)27(37)17-31(19-33)10-11-31)29(41-30)20-2-5-22(6-3-20)36-12-14-42(38,39)15-13-36/h2-3,5-7,9,18,21,24-25H,4,8,10-17H2,1H3/t21-,24+,25+/m0/s1. The van der Waals surface area contributed by atoms with Gasteiger partial charge in [-0.25, -0.2) is 22.8 Å². The molecule has 0 N–H and O–H groups in total. The third-order valence-electron chi connectivity index (χ3n) is 8.84. The summed E-state index contributed by atoms with van der Waals surface area (Å²) in [5.41, 5.74) is 2.76. The van der Waals surface area contributed by atoms with Crippen molar-refractivity contribution in [3.05, 3.63) is 48.3 Å². The van der Waals surface area contributed by atoms with E-state index in [0.29, 0.717) is 42.4 Å². The second kappa shape index (κ2) is 11.4. The van der Waals surface area contributed by atoms with Gasteiger partial charge in [0.05, 0.1) is 52.6 Å². The number of rotatable bonds is 8. The summed E-state index contributed by atoms with van der Waals surface area (Å²) in [4.78, 5) is 26.2. The number of halogens is 1. The number of hydrogen-bond acceptors (Lipinski definition) is 9. The van der Waals surface area contributed by atoms with E-state index in [9.17, 15) is 22.9 Å². The molecular formula is C31H33FN4O4S2. The van der Waals surface area contributed by atoms with Crippen LogP contribution >= 0.6 is 11.3 Å². The summed E-state index contributed by atoms with van der Waals surface area (Å²) in [5.74, 6) is 0.0864. The van der Waals surface area contributed by atoms with E-state index < -0.39 is 27.3 Å². The Bertz CT molecular complexity index is 1600. The second-order valence-corrected chi connectivity index (χ2v) is 15.0. The van der Waals surface area contributed by atoms with Gasteiger partial charge in [-0.05, 0) is 61.9 Å². The molecule has 1 saturated heterocycles. The van der Waals surface area contributed by atoms with Crippen molar-refractivity contribution in [3.8, 4) is 33.0 Å². The fourth-order valence-corrected chi connectivity index (χ4v) is 8.39. The first-order valence-corrected chi connectivity index (χ1v) is 17.0. The van der Waals surface area contributed by atoms with Gasteiger partial charge in [0.1, 0.15) is 22.7 Å². The van der Waals surface area contributed by atoms with Crippen LogP contribution in [0.15, 0.2) is 42.6 Å². The Morgan fingerprint density at radius 2 is 1.90 bits per heavy atom. The Balaban J connectivity index is 1.36. The zero-order valence-electron chi connectivity index (χ0n) is 23.5. The topological polar surface area (TPSA) is 113 Å². The van der Waals surface area contributed by atoms with E-state index in [-0.39, 0.29) is 36.0 Å². The molecule has 0 spiro atoms. The lowest BCUT2D eigenvalue weighted by molar-refractivity contribution is -0.126. The number of nitriles is 1. The highest BCUT2D eigenvalue weighted by atomic mass is 32.2. The predicted octanol–water partition coefficient (Wildman–Crippen LogP) is 5.60. The molecule has 6 rings (SSSR count). The quantitative estimate of drug-likeness (QED) is 0.325. The lowest BCUT2D eigenvalue weighted by Gasteiger charge is -2.32. The number of nitrogens with zero attached hydrogens (tertiary/aromatic N) is 4. The molecule has 1 aromatic carbocycles. The van der Waals surface area contributed by atoms with Gasteiger partial charge in [-0.3, -0.25) is 4.79 Å². The van der Waals surface area contributed by atoms with Crippen molar-refractivity contribution in [2.45, 2.75) is 50.6 Å². The molecule has 8 nitrogen and oxygen atoms in total. The number of anilines is 1. The van der Waals surface area contributed by atoms with Crippen LogP contribution in [-0.4, -0.2) is 62.0 Å². The number of hydrogen-bond donors (Lipinski definition) is 0. The van der Waals surface area contributed by atoms with Gasteiger partial charge in [0, 0.05) is 37.0 Å². The molecule has 3 aromatic rings. The summed E-state index contributed by atoms with van der Waals surface area (Å²) in [7, 11) is -1.40. The summed E-state index contributed by atoms with van der Waals surface area (Å²) in [6.07, 6.45) is 3.21. The molecule has 42 heavy (non-hydrogen) atoms. The Kier molecular flexibility index (Phi) is 7.79. The number of thiazole rings is 1. The van der Waals surface area contributed by atoms with E-state index in [1.54, 1.807) is 13.3 Å². The van der Waals surface area contributed by atoms with Gasteiger partial charge >= 0.3 is 0 Å². The summed E-state index contributed by atoms with van der Waals surface area (Å²) < 4.78 is 43.8. The van der Waals surface area contributed by atoms with Crippen LogP contribution in [0.4, 0.5) is 10.1 Å². The molecule has 1 aliphatic heterocycles. The maximum Gasteiger partial charge on any atom is 0.153 e.